The van der Waals surface area contributed by atoms with Crippen molar-refractivity contribution in [1.29, 1.82) is 0 Å². The molecule has 0 aliphatic carbocycles. The molecule has 0 aromatic carbocycles. The molecule has 7 heavy (non-hydrogen) atoms. The molecule has 0 aromatic rings. The van der Waals surface area contributed by atoms with Gasteiger partial charge in [-0.1, -0.05) is 23.8 Å². The molecule has 0 saturated heterocycles. The van der Waals surface area contributed by atoms with Crippen LogP contribution in [-0.4, -0.2) is 5.38 Å². The Labute approximate surface area is 53.4 Å². The van der Waals surface area contributed by atoms with Gasteiger partial charge in [0.05, 0.1) is 5.38 Å². The van der Waals surface area contributed by atoms with Gasteiger partial charge in [-0.15, -0.1) is 18.2 Å². The van der Waals surface area contributed by atoms with E-state index in [1.165, 1.54) is 5.54 Å². The molecule has 0 aromatic heterocycles. The third-order valence-electron chi connectivity index (χ3n) is 0.482. The fraction of sp³-hybridized carbons (Fsp3) is 0.200. The van der Waals surface area contributed by atoms with E-state index < -0.39 is 0 Å². The molecule has 0 radical (unpaired) electrons. The fourth-order valence-electron chi connectivity index (χ4n) is 0.148. The molecular formula is C5H6Cl2. The maximum atomic E-state index is 5.48. The highest BCUT2D eigenvalue weighted by Gasteiger charge is 1.85. The number of rotatable bonds is 2. The van der Waals surface area contributed by atoms with Gasteiger partial charge in [0.1, 0.15) is 0 Å². The lowest BCUT2D eigenvalue weighted by Gasteiger charge is -1.86. The quantitative estimate of drug-likeness (QED) is 0.405. The van der Waals surface area contributed by atoms with Crippen LogP contribution in [0.25, 0.3) is 0 Å². The van der Waals surface area contributed by atoms with Crippen LogP contribution in [0.2, 0.25) is 0 Å². The van der Waals surface area contributed by atoms with Crippen molar-refractivity contribution in [2.24, 2.45) is 0 Å². The van der Waals surface area contributed by atoms with Crippen LogP contribution in [0.15, 0.2) is 24.3 Å². The van der Waals surface area contributed by atoms with Gasteiger partial charge in [-0.25, -0.2) is 0 Å². The molecule has 0 heterocycles. The minimum Gasteiger partial charge on any atom is -0.114 e. The lowest BCUT2D eigenvalue weighted by Crippen LogP contribution is -1.80. The van der Waals surface area contributed by atoms with Crippen molar-refractivity contribution < 1.29 is 0 Å². The SMILES string of the molecule is C=CC(Cl)C=CCl. The van der Waals surface area contributed by atoms with E-state index >= 15 is 0 Å². The van der Waals surface area contributed by atoms with Gasteiger partial charge in [-0.2, -0.15) is 0 Å². The van der Waals surface area contributed by atoms with E-state index in [-0.39, 0.29) is 5.38 Å². The lowest BCUT2D eigenvalue weighted by atomic mass is 10.4. The second kappa shape index (κ2) is 4.23. The lowest BCUT2D eigenvalue weighted by molar-refractivity contribution is 1.42. The number of allylic oxidation sites excluding steroid dienone is 2. The number of halogens is 2. The molecule has 0 rings (SSSR count). The third-order valence-corrected chi connectivity index (χ3v) is 0.951. The summed E-state index contributed by atoms with van der Waals surface area (Å²) < 4.78 is 0. The van der Waals surface area contributed by atoms with Crippen LogP contribution < -0.4 is 0 Å². The summed E-state index contributed by atoms with van der Waals surface area (Å²) in [6.07, 6.45) is 3.23. The molecule has 0 bridgehead atoms. The van der Waals surface area contributed by atoms with Crippen molar-refractivity contribution in [2.75, 3.05) is 0 Å². The van der Waals surface area contributed by atoms with Gasteiger partial charge in [0.2, 0.25) is 0 Å². The summed E-state index contributed by atoms with van der Waals surface area (Å²) in [6.45, 7) is 3.44. The van der Waals surface area contributed by atoms with Crippen LogP contribution >= 0.6 is 23.2 Å². The van der Waals surface area contributed by atoms with E-state index in [9.17, 15) is 0 Å². The minimum absolute atomic E-state index is 0.127. The maximum Gasteiger partial charge on any atom is 0.0705 e. The smallest absolute Gasteiger partial charge is 0.0705 e. The standard InChI is InChI=1S/C5H6Cl2/c1-2-5(7)3-4-6/h2-5H,1H2. The Bertz CT molecular complexity index is 76.1. The van der Waals surface area contributed by atoms with Gasteiger partial charge in [-0.05, 0) is 0 Å². The van der Waals surface area contributed by atoms with E-state index in [1.807, 2.05) is 0 Å². The zero-order chi connectivity index (χ0) is 5.70. The predicted molar refractivity (Wildman–Crippen MR) is 34.8 cm³/mol. The first kappa shape index (κ1) is 7.06. The van der Waals surface area contributed by atoms with Crippen LogP contribution in [-0.2, 0) is 0 Å². The second-order valence-corrected chi connectivity index (χ2v) is 1.75. The Morgan fingerprint density at radius 2 is 2.14 bits per heavy atom. The highest BCUT2D eigenvalue weighted by atomic mass is 35.5. The summed E-state index contributed by atoms with van der Waals surface area (Å²) in [7, 11) is 0. The van der Waals surface area contributed by atoms with Crippen molar-refractivity contribution in [3.63, 3.8) is 0 Å². The minimum atomic E-state index is -0.127. The highest BCUT2D eigenvalue weighted by Crippen LogP contribution is 1.98. The molecular weight excluding hydrogens is 131 g/mol. The van der Waals surface area contributed by atoms with Crippen molar-refractivity contribution >= 4 is 23.2 Å². The van der Waals surface area contributed by atoms with Crippen LogP contribution in [0, 0.1) is 0 Å². The maximum absolute atomic E-state index is 5.48. The van der Waals surface area contributed by atoms with Crippen molar-refractivity contribution in [1.82, 2.24) is 0 Å². The molecule has 1 atom stereocenters. The Morgan fingerprint density at radius 3 is 2.29 bits per heavy atom. The largest absolute Gasteiger partial charge is 0.114 e. The van der Waals surface area contributed by atoms with Gasteiger partial charge >= 0.3 is 0 Å². The Hall–Kier alpha value is 0.0600. The average molecular weight is 137 g/mol. The zero-order valence-electron chi connectivity index (χ0n) is 3.77. The third kappa shape index (κ3) is 3.90. The Morgan fingerprint density at radius 1 is 1.57 bits per heavy atom. The summed E-state index contributed by atoms with van der Waals surface area (Å²) in [5.74, 6) is 0. The molecule has 40 valence electrons. The van der Waals surface area contributed by atoms with E-state index in [0.717, 1.165) is 0 Å². The summed E-state index contributed by atoms with van der Waals surface area (Å²) in [4.78, 5) is 0. The molecule has 0 aliphatic rings. The molecule has 0 N–H and O–H groups in total. The van der Waals surface area contributed by atoms with E-state index in [0.29, 0.717) is 0 Å². The van der Waals surface area contributed by atoms with Crippen LogP contribution in [0.3, 0.4) is 0 Å². The second-order valence-electron chi connectivity index (χ2n) is 0.999. The van der Waals surface area contributed by atoms with Gasteiger partial charge in [0, 0.05) is 5.54 Å². The molecule has 1 unspecified atom stereocenters. The average Bonchev–Trinajstić information content (AvgIpc) is 1.68. The van der Waals surface area contributed by atoms with Gasteiger partial charge in [0.15, 0.2) is 0 Å². The summed E-state index contributed by atoms with van der Waals surface area (Å²) in [6, 6.07) is 0. The topological polar surface area (TPSA) is 0 Å². The highest BCUT2D eigenvalue weighted by molar-refractivity contribution is 6.27. The Balaban J connectivity index is 3.35. The molecule has 0 fully saturated rings. The summed E-state index contributed by atoms with van der Waals surface area (Å²) in [5.41, 5.74) is 1.37. The van der Waals surface area contributed by atoms with Crippen LogP contribution in [0.4, 0.5) is 0 Å². The number of hydrogen-bond acceptors (Lipinski definition) is 0. The first-order chi connectivity index (χ1) is 3.31. The first-order valence-electron chi connectivity index (χ1n) is 1.84. The van der Waals surface area contributed by atoms with E-state index in [4.69, 9.17) is 23.2 Å². The zero-order valence-corrected chi connectivity index (χ0v) is 5.28. The van der Waals surface area contributed by atoms with Gasteiger partial charge < -0.3 is 0 Å². The normalized spacial score (nSPS) is 14.6. The van der Waals surface area contributed by atoms with Crippen molar-refractivity contribution in [2.45, 2.75) is 5.38 Å². The van der Waals surface area contributed by atoms with Crippen molar-refractivity contribution in [3.05, 3.63) is 24.3 Å². The first-order valence-corrected chi connectivity index (χ1v) is 2.72. The van der Waals surface area contributed by atoms with Crippen LogP contribution in [0.5, 0.6) is 0 Å². The molecule has 0 nitrogen and oxygen atoms in total. The molecule has 0 amide bonds. The van der Waals surface area contributed by atoms with Gasteiger partial charge in [-0.3, -0.25) is 0 Å². The fourth-order valence-corrected chi connectivity index (χ4v) is 0.452. The van der Waals surface area contributed by atoms with Gasteiger partial charge in [0.25, 0.3) is 0 Å². The number of hydrogen-bond donors (Lipinski definition) is 0. The molecule has 0 saturated carbocycles. The molecule has 2 heteroatoms. The monoisotopic (exact) mass is 136 g/mol. The summed E-state index contributed by atoms with van der Waals surface area (Å²) >= 11 is 10.6. The van der Waals surface area contributed by atoms with E-state index in [1.54, 1.807) is 12.2 Å². The predicted octanol–water partition coefficient (Wildman–Crippen LogP) is 2.53. The van der Waals surface area contributed by atoms with E-state index in [2.05, 4.69) is 6.58 Å². The molecule has 0 aliphatic heterocycles. The molecule has 0 spiro atoms. The van der Waals surface area contributed by atoms with Crippen molar-refractivity contribution in [3.8, 4) is 0 Å². The van der Waals surface area contributed by atoms with Crippen LogP contribution in [0.1, 0.15) is 0 Å². The number of alkyl halides is 1. The Kier molecular flexibility index (Phi) is 4.26. The summed E-state index contributed by atoms with van der Waals surface area (Å²) in [5, 5.41) is -0.127.